The molecule has 130 valence electrons. The van der Waals surface area contributed by atoms with Crippen molar-refractivity contribution in [3.63, 3.8) is 0 Å². The average Bonchev–Trinajstić information content (AvgIpc) is 3.00. The lowest BCUT2D eigenvalue weighted by molar-refractivity contribution is -0.142. The molecule has 3 atom stereocenters. The number of nitrogens with one attached hydrogen (secondary N) is 2. The standard InChI is InChI=1S/C13H22N4O5S/c1-7(16-11(20)8(14)6-23)13(22)17-4-2-3-9(17)12(21)15-5-10(18)19/h7-9,23H,2-6,14H2,1H3,(H,15,21)(H,16,20)(H,18,19). The van der Waals surface area contributed by atoms with Crippen LogP contribution in [0.15, 0.2) is 0 Å². The van der Waals surface area contributed by atoms with Crippen molar-refractivity contribution in [2.75, 3.05) is 18.8 Å². The van der Waals surface area contributed by atoms with Gasteiger partial charge in [-0.1, -0.05) is 0 Å². The van der Waals surface area contributed by atoms with E-state index in [2.05, 4.69) is 23.3 Å². The number of nitrogens with zero attached hydrogens (tertiary/aromatic N) is 1. The van der Waals surface area contributed by atoms with Crippen LogP contribution < -0.4 is 16.4 Å². The Labute approximate surface area is 139 Å². The van der Waals surface area contributed by atoms with Gasteiger partial charge in [-0.2, -0.15) is 12.6 Å². The van der Waals surface area contributed by atoms with Crippen molar-refractivity contribution in [1.29, 1.82) is 0 Å². The fourth-order valence-electron chi connectivity index (χ4n) is 2.30. The number of carbonyl (C=O) groups is 4. The van der Waals surface area contributed by atoms with E-state index in [0.29, 0.717) is 19.4 Å². The highest BCUT2D eigenvalue weighted by atomic mass is 32.1. The molecular formula is C13H22N4O5S. The average molecular weight is 346 g/mol. The van der Waals surface area contributed by atoms with Gasteiger partial charge in [-0.05, 0) is 19.8 Å². The highest BCUT2D eigenvalue weighted by Gasteiger charge is 2.36. The van der Waals surface area contributed by atoms with Gasteiger partial charge in [0, 0.05) is 12.3 Å². The smallest absolute Gasteiger partial charge is 0.322 e. The van der Waals surface area contributed by atoms with Gasteiger partial charge in [0.15, 0.2) is 0 Å². The summed E-state index contributed by atoms with van der Waals surface area (Å²) in [5.74, 6) is -2.42. The molecule has 0 aliphatic carbocycles. The molecule has 1 rings (SSSR count). The summed E-state index contributed by atoms with van der Waals surface area (Å²) < 4.78 is 0. The van der Waals surface area contributed by atoms with Crippen LogP contribution in [0.2, 0.25) is 0 Å². The zero-order valence-electron chi connectivity index (χ0n) is 12.8. The van der Waals surface area contributed by atoms with Crippen LogP contribution in [0.1, 0.15) is 19.8 Å². The number of carboxylic acids is 1. The molecule has 1 saturated heterocycles. The molecule has 10 heteroatoms. The van der Waals surface area contributed by atoms with Gasteiger partial charge in [-0.25, -0.2) is 0 Å². The Hall–Kier alpha value is -1.81. The third-order valence-corrected chi connectivity index (χ3v) is 3.91. The largest absolute Gasteiger partial charge is 0.480 e. The second-order valence-corrected chi connectivity index (χ2v) is 5.69. The van der Waals surface area contributed by atoms with E-state index < -0.39 is 48.4 Å². The summed E-state index contributed by atoms with van der Waals surface area (Å²) in [4.78, 5) is 47.9. The molecule has 0 spiro atoms. The molecule has 1 heterocycles. The van der Waals surface area contributed by atoms with E-state index >= 15 is 0 Å². The molecule has 1 aliphatic rings. The minimum absolute atomic E-state index is 0.149. The van der Waals surface area contributed by atoms with E-state index in [1.807, 2.05) is 0 Å². The lowest BCUT2D eigenvalue weighted by Crippen LogP contribution is -2.55. The molecule has 0 aromatic rings. The third-order valence-electron chi connectivity index (χ3n) is 3.52. The minimum atomic E-state index is -1.16. The van der Waals surface area contributed by atoms with Crippen molar-refractivity contribution in [1.82, 2.24) is 15.5 Å². The molecule has 9 nitrogen and oxygen atoms in total. The van der Waals surface area contributed by atoms with E-state index in [-0.39, 0.29) is 5.75 Å². The van der Waals surface area contributed by atoms with Gasteiger partial charge in [0.25, 0.3) is 0 Å². The van der Waals surface area contributed by atoms with Crippen LogP contribution in [0.4, 0.5) is 0 Å². The van der Waals surface area contributed by atoms with Gasteiger partial charge in [0.05, 0.1) is 6.04 Å². The van der Waals surface area contributed by atoms with Gasteiger partial charge in [-0.15, -0.1) is 0 Å². The van der Waals surface area contributed by atoms with Gasteiger partial charge >= 0.3 is 5.97 Å². The summed E-state index contributed by atoms with van der Waals surface area (Å²) in [5.41, 5.74) is 5.53. The topological polar surface area (TPSA) is 142 Å². The first-order valence-corrected chi connectivity index (χ1v) is 7.88. The van der Waals surface area contributed by atoms with Crippen molar-refractivity contribution in [3.8, 4) is 0 Å². The minimum Gasteiger partial charge on any atom is -0.480 e. The molecule has 0 radical (unpaired) electrons. The van der Waals surface area contributed by atoms with Gasteiger partial charge in [-0.3, -0.25) is 19.2 Å². The van der Waals surface area contributed by atoms with E-state index in [4.69, 9.17) is 10.8 Å². The first-order valence-electron chi connectivity index (χ1n) is 7.24. The maximum atomic E-state index is 12.4. The molecular weight excluding hydrogens is 324 g/mol. The van der Waals surface area contributed by atoms with Crippen LogP contribution in [0.25, 0.3) is 0 Å². The Kier molecular flexibility index (Phi) is 7.30. The number of amides is 3. The zero-order valence-corrected chi connectivity index (χ0v) is 13.7. The molecule has 0 aromatic carbocycles. The molecule has 0 aromatic heterocycles. The fourth-order valence-corrected chi connectivity index (χ4v) is 2.46. The fraction of sp³-hybridized carbons (Fsp3) is 0.692. The number of carboxylic acid groups (broad SMARTS) is 1. The van der Waals surface area contributed by atoms with Crippen molar-refractivity contribution in [2.45, 2.75) is 37.9 Å². The van der Waals surface area contributed by atoms with Gasteiger partial charge < -0.3 is 26.4 Å². The Morgan fingerprint density at radius 3 is 2.61 bits per heavy atom. The van der Waals surface area contributed by atoms with Crippen LogP contribution in [0, 0.1) is 0 Å². The number of carbonyl (C=O) groups excluding carboxylic acids is 3. The summed E-state index contributed by atoms with van der Waals surface area (Å²) in [6.45, 7) is 1.39. The summed E-state index contributed by atoms with van der Waals surface area (Å²) in [6.07, 6.45) is 1.09. The Morgan fingerprint density at radius 2 is 2.04 bits per heavy atom. The number of nitrogens with two attached hydrogens (primary N) is 1. The van der Waals surface area contributed by atoms with E-state index in [1.165, 1.54) is 11.8 Å². The van der Waals surface area contributed by atoms with Crippen molar-refractivity contribution >= 4 is 36.3 Å². The number of aliphatic carboxylic acids is 1. The van der Waals surface area contributed by atoms with Crippen LogP contribution in [-0.2, 0) is 19.2 Å². The maximum absolute atomic E-state index is 12.4. The number of likely N-dealkylation sites (tertiary alicyclic amines) is 1. The second-order valence-electron chi connectivity index (χ2n) is 5.32. The number of hydrogen-bond acceptors (Lipinski definition) is 6. The molecule has 1 aliphatic heterocycles. The summed E-state index contributed by atoms with van der Waals surface area (Å²) >= 11 is 3.92. The van der Waals surface area contributed by atoms with Crippen LogP contribution in [0.3, 0.4) is 0 Å². The Bertz CT molecular complexity index is 487. The molecule has 0 saturated carbocycles. The zero-order chi connectivity index (χ0) is 17.6. The summed E-state index contributed by atoms with van der Waals surface area (Å²) in [6, 6.07) is -2.37. The van der Waals surface area contributed by atoms with Crippen molar-refractivity contribution < 1.29 is 24.3 Å². The molecule has 0 bridgehead atoms. The summed E-state index contributed by atoms with van der Waals surface area (Å²) in [5, 5.41) is 13.3. The SMILES string of the molecule is CC(NC(=O)C(N)CS)C(=O)N1CCCC1C(=O)NCC(=O)O. The highest BCUT2D eigenvalue weighted by molar-refractivity contribution is 7.80. The number of rotatable bonds is 7. The first kappa shape index (κ1) is 19.2. The van der Waals surface area contributed by atoms with Crippen LogP contribution >= 0.6 is 12.6 Å². The quantitative estimate of drug-likeness (QED) is 0.336. The monoisotopic (exact) mass is 346 g/mol. The summed E-state index contributed by atoms with van der Waals surface area (Å²) in [7, 11) is 0. The van der Waals surface area contributed by atoms with Crippen molar-refractivity contribution in [2.24, 2.45) is 5.73 Å². The van der Waals surface area contributed by atoms with Gasteiger partial charge in [0.2, 0.25) is 17.7 Å². The van der Waals surface area contributed by atoms with E-state index in [0.717, 1.165) is 0 Å². The Balaban J connectivity index is 2.64. The van der Waals surface area contributed by atoms with Crippen LogP contribution in [0.5, 0.6) is 0 Å². The highest BCUT2D eigenvalue weighted by Crippen LogP contribution is 2.18. The predicted octanol–water partition coefficient (Wildman–Crippen LogP) is -2.06. The normalized spacial score (nSPS) is 19.8. The molecule has 3 unspecified atom stereocenters. The predicted molar refractivity (Wildman–Crippen MR) is 84.8 cm³/mol. The lowest BCUT2D eigenvalue weighted by atomic mass is 10.2. The second kappa shape index (κ2) is 8.73. The Morgan fingerprint density at radius 1 is 1.39 bits per heavy atom. The molecule has 1 fully saturated rings. The number of hydrogen-bond donors (Lipinski definition) is 5. The van der Waals surface area contributed by atoms with E-state index in [1.54, 1.807) is 0 Å². The third kappa shape index (κ3) is 5.39. The molecule has 23 heavy (non-hydrogen) atoms. The van der Waals surface area contributed by atoms with Gasteiger partial charge in [0.1, 0.15) is 18.6 Å². The molecule has 3 amide bonds. The first-order chi connectivity index (χ1) is 10.8. The van der Waals surface area contributed by atoms with Crippen molar-refractivity contribution in [3.05, 3.63) is 0 Å². The maximum Gasteiger partial charge on any atom is 0.322 e. The molecule has 5 N–H and O–H groups in total. The lowest BCUT2D eigenvalue weighted by Gasteiger charge is -2.27. The number of thiol groups is 1. The van der Waals surface area contributed by atoms with E-state index in [9.17, 15) is 19.2 Å². The van der Waals surface area contributed by atoms with Crippen LogP contribution in [-0.4, -0.2) is 70.7 Å².